The number of nitrogens with two attached hydrogens (primary N) is 2. The van der Waals surface area contributed by atoms with Crippen molar-refractivity contribution in [3.8, 4) is 0 Å². The Morgan fingerprint density at radius 3 is 2.54 bits per heavy atom. The zero-order valence-corrected chi connectivity index (χ0v) is 13.7. The van der Waals surface area contributed by atoms with Crippen LogP contribution >= 0.6 is 0 Å². The number of hydrazine groups is 2. The molecule has 0 aliphatic heterocycles. The van der Waals surface area contributed by atoms with E-state index in [1.54, 1.807) is 12.1 Å². The van der Waals surface area contributed by atoms with E-state index in [2.05, 4.69) is 5.16 Å². The minimum Gasteiger partial charge on any atom is -0.391 e. The first-order valence-electron chi connectivity index (χ1n) is 7.36. The van der Waals surface area contributed by atoms with Crippen molar-refractivity contribution in [3.05, 3.63) is 65.2 Å². The van der Waals surface area contributed by atoms with Crippen molar-refractivity contribution >= 4 is 17.9 Å². The molecular weight excluding hydrogens is 306 g/mol. The number of carbonyl (C=O) groups is 1. The van der Waals surface area contributed by atoms with Crippen LogP contribution in [0.1, 0.15) is 16.7 Å². The second kappa shape index (κ2) is 8.09. The SMILES string of the molecule is Cc1cccc(N(N)C(=O)N(C)N)c1/C=N\OCc1ccccc1. The molecule has 0 fully saturated rings. The summed E-state index contributed by atoms with van der Waals surface area (Å²) >= 11 is 0. The Labute approximate surface area is 141 Å². The number of nitrogens with zero attached hydrogens (tertiary/aromatic N) is 3. The first-order chi connectivity index (χ1) is 11.5. The lowest BCUT2D eigenvalue weighted by Gasteiger charge is -2.22. The molecule has 2 aromatic rings. The van der Waals surface area contributed by atoms with Gasteiger partial charge < -0.3 is 4.84 Å². The maximum atomic E-state index is 11.9. The summed E-state index contributed by atoms with van der Waals surface area (Å²) in [5.74, 6) is 11.3. The molecule has 2 amide bonds. The van der Waals surface area contributed by atoms with Crippen LogP contribution in [-0.2, 0) is 11.4 Å². The molecule has 0 saturated heterocycles. The van der Waals surface area contributed by atoms with E-state index in [0.29, 0.717) is 17.9 Å². The van der Waals surface area contributed by atoms with Crippen LogP contribution in [0.25, 0.3) is 0 Å². The van der Waals surface area contributed by atoms with Crippen molar-refractivity contribution in [2.45, 2.75) is 13.5 Å². The molecule has 0 aromatic heterocycles. The highest BCUT2D eigenvalue weighted by molar-refractivity contribution is 5.98. The number of anilines is 1. The Kier molecular flexibility index (Phi) is 5.89. The first kappa shape index (κ1) is 17.5. The second-order valence-corrected chi connectivity index (χ2v) is 5.26. The van der Waals surface area contributed by atoms with Crippen LogP contribution < -0.4 is 16.7 Å². The summed E-state index contributed by atoms with van der Waals surface area (Å²) in [7, 11) is 1.43. The lowest BCUT2D eigenvalue weighted by Crippen LogP contribution is -2.49. The van der Waals surface area contributed by atoms with Crippen molar-refractivity contribution in [1.29, 1.82) is 0 Å². The molecule has 24 heavy (non-hydrogen) atoms. The molecule has 0 aliphatic rings. The molecule has 126 valence electrons. The Hall–Kier alpha value is -2.90. The molecule has 0 aliphatic carbocycles. The van der Waals surface area contributed by atoms with E-state index in [9.17, 15) is 4.79 Å². The zero-order chi connectivity index (χ0) is 17.5. The average Bonchev–Trinajstić information content (AvgIpc) is 2.59. The van der Waals surface area contributed by atoms with Crippen LogP contribution in [0.3, 0.4) is 0 Å². The molecule has 7 nitrogen and oxygen atoms in total. The molecule has 0 saturated carbocycles. The van der Waals surface area contributed by atoms with Gasteiger partial charge in [0.25, 0.3) is 0 Å². The largest absolute Gasteiger partial charge is 0.391 e. The lowest BCUT2D eigenvalue weighted by molar-refractivity contribution is 0.132. The van der Waals surface area contributed by atoms with E-state index < -0.39 is 6.03 Å². The average molecular weight is 327 g/mol. The summed E-state index contributed by atoms with van der Waals surface area (Å²) in [4.78, 5) is 17.3. The fourth-order valence-electron chi connectivity index (χ4n) is 2.09. The third-order valence-electron chi connectivity index (χ3n) is 3.40. The molecule has 0 atom stereocenters. The molecular formula is C17H21N5O2. The van der Waals surface area contributed by atoms with Gasteiger partial charge >= 0.3 is 6.03 Å². The van der Waals surface area contributed by atoms with Gasteiger partial charge in [-0.25, -0.2) is 21.5 Å². The van der Waals surface area contributed by atoms with Gasteiger partial charge in [-0.05, 0) is 24.1 Å². The molecule has 0 heterocycles. The first-order valence-corrected chi connectivity index (χ1v) is 7.36. The van der Waals surface area contributed by atoms with Gasteiger partial charge in [-0.3, -0.25) is 5.01 Å². The van der Waals surface area contributed by atoms with E-state index in [0.717, 1.165) is 21.1 Å². The van der Waals surface area contributed by atoms with Gasteiger partial charge in [-0.2, -0.15) is 0 Å². The standard InChI is InChI=1S/C17H21N5O2/c1-13-7-6-10-16(22(19)17(23)21(2)18)15(13)11-20-24-12-14-8-4-3-5-9-14/h3-11H,12,18-19H2,1-2H3/b20-11-. The zero-order valence-electron chi connectivity index (χ0n) is 13.7. The maximum Gasteiger partial charge on any atom is 0.352 e. The molecule has 0 unspecified atom stereocenters. The third kappa shape index (κ3) is 4.31. The summed E-state index contributed by atoms with van der Waals surface area (Å²) in [6.45, 7) is 2.25. The number of hydrogen-bond donors (Lipinski definition) is 2. The summed E-state index contributed by atoms with van der Waals surface area (Å²) < 4.78 is 0. The molecule has 7 heteroatoms. The Bertz CT molecular complexity index is 716. The van der Waals surface area contributed by atoms with E-state index in [1.807, 2.05) is 43.3 Å². The topological polar surface area (TPSA) is 97.2 Å². The van der Waals surface area contributed by atoms with E-state index >= 15 is 0 Å². The second-order valence-electron chi connectivity index (χ2n) is 5.26. The summed E-state index contributed by atoms with van der Waals surface area (Å²) in [6.07, 6.45) is 1.54. The smallest absolute Gasteiger partial charge is 0.352 e. The van der Waals surface area contributed by atoms with Gasteiger partial charge in [-0.1, -0.05) is 47.6 Å². The fourth-order valence-corrected chi connectivity index (χ4v) is 2.09. The van der Waals surface area contributed by atoms with Gasteiger partial charge in [0.05, 0.1) is 11.9 Å². The number of oxime groups is 1. The van der Waals surface area contributed by atoms with Crippen LogP contribution in [0.4, 0.5) is 10.5 Å². The quantitative estimate of drug-likeness (QED) is 0.380. The Morgan fingerprint density at radius 1 is 1.17 bits per heavy atom. The highest BCUT2D eigenvalue weighted by atomic mass is 16.6. The third-order valence-corrected chi connectivity index (χ3v) is 3.40. The number of urea groups is 1. The molecule has 2 aromatic carbocycles. The van der Waals surface area contributed by atoms with Crippen LogP contribution in [0.2, 0.25) is 0 Å². The summed E-state index contributed by atoms with van der Waals surface area (Å²) in [5.41, 5.74) is 3.09. The molecule has 0 spiro atoms. The minimum absolute atomic E-state index is 0.357. The molecule has 0 bridgehead atoms. The highest BCUT2D eigenvalue weighted by Crippen LogP contribution is 2.21. The normalized spacial score (nSPS) is 10.7. The molecule has 2 rings (SSSR count). The number of benzene rings is 2. The number of hydrogen-bond acceptors (Lipinski definition) is 5. The predicted molar refractivity (Wildman–Crippen MR) is 94.0 cm³/mol. The van der Waals surface area contributed by atoms with Crippen LogP contribution in [-0.4, -0.2) is 24.3 Å². The van der Waals surface area contributed by atoms with Gasteiger partial charge in [0.2, 0.25) is 0 Å². The maximum absolute atomic E-state index is 11.9. The molecule has 0 radical (unpaired) electrons. The van der Waals surface area contributed by atoms with E-state index in [4.69, 9.17) is 16.5 Å². The van der Waals surface area contributed by atoms with Gasteiger partial charge in [0.15, 0.2) is 0 Å². The van der Waals surface area contributed by atoms with Crippen molar-refractivity contribution in [2.75, 3.05) is 12.1 Å². The summed E-state index contributed by atoms with van der Waals surface area (Å²) in [6, 6.07) is 14.6. The predicted octanol–water partition coefficient (Wildman–Crippen LogP) is 2.15. The monoisotopic (exact) mass is 327 g/mol. The number of aryl methyl sites for hydroxylation is 1. The Balaban J connectivity index is 2.14. The Morgan fingerprint density at radius 2 is 1.88 bits per heavy atom. The van der Waals surface area contributed by atoms with E-state index in [-0.39, 0.29) is 0 Å². The van der Waals surface area contributed by atoms with Gasteiger partial charge in [0.1, 0.15) is 6.61 Å². The van der Waals surface area contributed by atoms with E-state index in [1.165, 1.54) is 13.3 Å². The van der Waals surface area contributed by atoms with Gasteiger partial charge in [0, 0.05) is 12.6 Å². The van der Waals surface area contributed by atoms with Crippen LogP contribution in [0.5, 0.6) is 0 Å². The highest BCUT2D eigenvalue weighted by Gasteiger charge is 2.17. The van der Waals surface area contributed by atoms with Crippen LogP contribution in [0.15, 0.2) is 53.7 Å². The van der Waals surface area contributed by atoms with Gasteiger partial charge in [-0.15, -0.1) is 0 Å². The van der Waals surface area contributed by atoms with Crippen molar-refractivity contribution in [3.63, 3.8) is 0 Å². The van der Waals surface area contributed by atoms with Crippen molar-refractivity contribution < 1.29 is 9.63 Å². The molecule has 4 N–H and O–H groups in total. The lowest BCUT2D eigenvalue weighted by atomic mass is 10.1. The van der Waals surface area contributed by atoms with Crippen LogP contribution in [0, 0.1) is 6.92 Å². The van der Waals surface area contributed by atoms with Crippen molar-refractivity contribution in [2.24, 2.45) is 16.8 Å². The van der Waals surface area contributed by atoms with Crippen molar-refractivity contribution in [1.82, 2.24) is 5.01 Å². The summed E-state index contributed by atoms with van der Waals surface area (Å²) in [5, 5.41) is 5.87. The number of rotatable bonds is 5. The minimum atomic E-state index is -0.541. The number of amides is 2. The fraction of sp³-hybridized carbons (Fsp3) is 0.176. The number of carbonyl (C=O) groups excluding carboxylic acids is 1.